The molecular weight excluding hydrogens is 384 g/mol. The van der Waals surface area contributed by atoms with E-state index in [-0.39, 0.29) is 5.91 Å². The predicted octanol–water partition coefficient (Wildman–Crippen LogP) is 4.41. The quantitative estimate of drug-likeness (QED) is 0.710. The van der Waals surface area contributed by atoms with Crippen molar-refractivity contribution in [2.45, 2.75) is 20.4 Å². The van der Waals surface area contributed by atoms with E-state index in [1.165, 1.54) is 11.3 Å². The summed E-state index contributed by atoms with van der Waals surface area (Å²) in [7, 11) is 0. The molecule has 0 aromatic carbocycles. The van der Waals surface area contributed by atoms with Crippen LogP contribution in [0.1, 0.15) is 23.1 Å². The van der Waals surface area contributed by atoms with Gasteiger partial charge in [0.2, 0.25) is 0 Å². The van der Waals surface area contributed by atoms with Crippen LogP contribution in [0.3, 0.4) is 0 Å². The van der Waals surface area contributed by atoms with Crippen LogP contribution in [0.4, 0.5) is 5.13 Å². The van der Waals surface area contributed by atoms with Crippen molar-refractivity contribution in [3.8, 4) is 10.6 Å². The first-order chi connectivity index (χ1) is 10.6. The molecule has 3 heterocycles. The Labute approximate surface area is 144 Å². The third-order valence-corrected chi connectivity index (χ3v) is 5.47. The lowest BCUT2D eigenvalue weighted by molar-refractivity contribution is 0.102. The molecule has 0 spiro atoms. The molecule has 8 heteroatoms. The minimum atomic E-state index is -0.233. The van der Waals surface area contributed by atoms with Gasteiger partial charge in [0, 0.05) is 17.6 Å². The van der Waals surface area contributed by atoms with Crippen molar-refractivity contribution in [3.05, 3.63) is 38.8 Å². The summed E-state index contributed by atoms with van der Waals surface area (Å²) in [4.78, 5) is 17.7. The second-order valence-corrected chi connectivity index (χ2v) is 7.90. The van der Waals surface area contributed by atoms with Gasteiger partial charge in [-0.05, 0) is 48.0 Å². The molecule has 0 bridgehead atoms. The van der Waals surface area contributed by atoms with Gasteiger partial charge in [-0.15, -0.1) is 22.7 Å². The van der Waals surface area contributed by atoms with Crippen molar-refractivity contribution in [2.24, 2.45) is 0 Å². The zero-order valence-electron chi connectivity index (χ0n) is 12.0. The normalized spacial score (nSPS) is 10.9. The van der Waals surface area contributed by atoms with E-state index in [1.807, 2.05) is 31.4 Å². The zero-order chi connectivity index (χ0) is 15.7. The smallest absolute Gasteiger partial charge is 0.277 e. The number of nitrogens with zero attached hydrogens (tertiary/aromatic N) is 3. The van der Waals surface area contributed by atoms with Gasteiger partial charge in [-0.25, -0.2) is 4.98 Å². The number of anilines is 1. The second kappa shape index (κ2) is 6.31. The predicted molar refractivity (Wildman–Crippen MR) is 93.7 cm³/mol. The minimum absolute atomic E-state index is 0.233. The highest BCUT2D eigenvalue weighted by Crippen LogP contribution is 2.33. The Balaban J connectivity index is 1.75. The first-order valence-corrected chi connectivity index (χ1v) is 9.12. The zero-order valence-corrected chi connectivity index (χ0v) is 15.2. The van der Waals surface area contributed by atoms with Crippen LogP contribution in [0, 0.1) is 6.92 Å². The van der Waals surface area contributed by atoms with E-state index in [0.717, 1.165) is 26.6 Å². The molecule has 0 radical (unpaired) electrons. The first kappa shape index (κ1) is 15.4. The van der Waals surface area contributed by atoms with Crippen LogP contribution in [-0.2, 0) is 6.54 Å². The monoisotopic (exact) mass is 396 g/mol. The van der Waals surface area contributed by atoms with E-state index in [0.29, 0.717) is 10.8 Å². The molecule has 0 saturated heterocycles. The van der Waals surface area contributed by atoms with E-state index in [9.17, 15) is 4.79 Å². The Kier molecular flexibility index (Phi) is 4.42. The fourth-order valence-electron chi connectivity index (χ4n) is 2.00. The molecular formula is C14H13BrN4OS2. The molecule has 0 unspecified atom stereocenters. The topological polar surface area (TPSA) is 59.8 Å². The summed E-state index contributed by atoms with van der Waals surface area (Å²) < 4.78 is 2.85. The lowest BCUT2D eigenvalue weighted by atomic mass is 10.3. The largest absolute Gasteiger partial charge is 0.296 e. The molecule has 0 aliphatic rings. The molecule has 114 valence electrons. The fraction of sp³-hybridized carbons (Fsp3) is 0.214. The summed E-state index contributed by atoms with van der Waals surface area (Å²) in [6.07, 6.45) is 0. The Morgan fingerprint density at radius 1 is 1.45 bits per heavy atom. The third kappa shape index (κ3) is 3.13. The van der Waals surface area contributed by atoms with Gasteiger partial charge in [-0.1, -0.05) is 0 Å². The number of nitrogens with one attached hydrogen (secondary N) is 1. The SMILES string of the molecule is CCn1nc(C(=O)Nc2nc(-c3ccc(Br)s3)cs2)cc1C. The van der Waals surface area contributed by atoms with E-state index < -0.39 is 0 Å². The van der Waals surface area contributed by atoms with Crippen LogP contribution in [0.25, 0.3) is 10.6 Å². The Hall–Kier alpha value is -1.51. The number of thiazole rings is 1. The molecule has 1 N–H and O–H groups in total. The summed E-state index contributed by atoms with van der Waals surface area (Å²) in [6, 6.07) is 5.77. The van der Waals surface area contributed by atoms with Crippen LogP contribution < -0.4 is 5.32 Å². The second-order valence-electron chi connectivity index (χ2n) is 4.58. The number of halogens is 1. The van der Waals surface area contributed by atoms with Crippen molar-refractivity contribution in [1.29, 1.82) is 0 Å². The molecule has 0 atom stereocenters. The molecule has 3 rings (SSSR count). The van der Waals surface area contributed by atoms with Crippen LogP contribution in [0.15, 0.2) is 27.4 Å². The summed E-state index contributed by atoms with van der Waals surface area (Å²) >= 11 is 6.45. The van der Waals surface area contributed by atoms with Crippen LogP contribution in [0.5, 0.6) is 0 Å². The van der Waals surface area contributed by atoms with Gasteiger partial charge in [0.05, 0.1) is 14.4 Å². The summed E-state index contributed by atoms with van der Waals surface area (Å²) in [5.74, 6) is -0.233. The highest BCUT2D eigenvalue weighted by molar-refractivity contribution is 9.11. The van der Waals surface area contributed by atoms with Crippen molar-refractivity contribution in [1.82, 2.24) is 14.8 Å². The average Bonchev–Trinajstić information content (AvgIpc) is 3.18. The number of hydrogen-bond donors (Lipinski definition) is 1. The highest BCUT2D eigenvalue weighted by Gasteiger charge is 2.14. The molecule has 22 heavy (non-hydrogen) atoms. The molecule has 0 saturated carbocycles. The van der Waals surface area contributed by atoms with E-state index >= 15 is 0 Å². The van der Waals surface area contributed by atoms with Gasteiger partial charge in [-0.3, -0.25) is 14.8 Å². The summed E-state index contributed by atoms with van der Waals surface area (Å²) in [5.41, 5.74) is 2.25. The molecule has 3 aromatic heterocycles. The summed E-state index contributed by atoms with van der Waals surface area (Å²) in [6.45, 7) is 4.67. The molecule has 0 aliphatic heterocycles. The first-order valence-electron chi connectivity index (χ1n) is 6.64. The minimum Gasteiger partial charge on any atom is -0.296 e. The van der Waals surface area contributed by atoms with Crippen molar-refractivity contribution in [2.75, 3.05) is 5.32 Å². The number of rotatable bonds is 4. The van der Waals surface area contributed by atoms with Gasteiger partial charge in [0.25, 0.3) is 5.91 Å². The highest BCUT2D eigenvalue weighted by atomic mass is 79.9. The van der Waals surface area contributed by atoms with Crippen LogP contribution >= 0.6 is 38.6 Å². The lowest BCUT2D eigenvalue weighted by Crippen LogP contribution is -2.13. The Morgan fingerprint density at radius 2 is 2.27 bits per heavy atom. The average molecular weight is 397 g/mol. The fourth-order valence-corrected chi connectivity index (χ4v) is 4.13. The number of carbonyl (C=O) groups is 1. The number of amides is 1. The maximum atomic E-state index is 12.2. The van der Waals surface area contributed by atoms with Gasteiger partial charge in [0.15, 0.2) is 10.8 Å². The van der Waals surface area contributed by atoms with E-state index in [1.54, 1.807) is 22.1 Å². The Bertz CT molecular complexity index is 821. The maximum absolute atomic E-state index is 12.2. The standard InChI is InChI=1S/C14H13BrN4OS2/c1-3-19-8(2)6-9(18-19)13(20)17-14-16-10(7-21-14)11-4-5-12(15)22-11/h4-7H,3H2,1-2H3,(H,16,17,20). The van der Waals surface area contributed by atoms with Gasteiger partial charge in [-0.2, -0.15) is 5.10 Å². The lowest BCUT2D eigenvalue weighted by Gasteiger charge is -1.98. The van der Waals surface area contributed by atoms with Gasteiger partial charge < -0.3 is 0 Å². The Morgan fingerprint density at radius 3 is 2.91 bits per heavy atom. The number of aromatic nitrogens is 3. The van der Waals surface area contributed by atoms with Crippen LogP contribution in [-0.4, -0.2) is 20.7 Å². The summed E-state index contributed by atoms with van der Waals surface area (Å²) in [5, 5.41) is 9.59. The van der Waals surface area contributed by atoms with Crippen molar-refractivity contribution >= 4 is 49.6 Å². The van der Waals surface area contributed by atoms with Crippen molar-refractivity contribution < 1.29 is 4.79 Å². The maximum Gasteiger partial charge on any atom is 0.277 e. The molecule has 0 aliphatic carbocycles. The van der Waals surface area contributed by atoms with Gasteiger partial charge in [0.1, 0.15) is 0 Å². The number of hydrogen-bond acceptors (Lipinski definition) is 5. The number of aryl methyl sites for hydroxylation is 2. The van der Waals surface area contributed by atoms with E-state index in [2.05, 4.69) is 31.3 Å². The van der Waals surface area contributed by atoms with Gasteiger partial charge >= 0.3 is 0 Å². The number of carbonyl (C=O) groups excluding carboxylic acids is 1. The molecule has 3 aromatic rings. The van der Waals surface area contributed by atoms with E-state index in [4.69, 9.17) is 0 Å². The third-order valence-electron chi connectivity index (χ3n) is 3.06. The molecule has 0 fully saturated rings. The van der Waals surface area contributed by atoms with Crippen LogP contribution in [0.2, 0.25) is 0 Å². The molecule has 1 amide bonds. The molecule has 5 nitrogen and oxygen atoms in total. The van der Waals surface area contributed by atoms with Crippen molar-refractivity contribution in [3.63, 3.8) is 0 Å². The number of thiophene rings is 1.